The first kappa shape index (κ1) is 16.7. The molecule has 1 aliphatic heterocycles. The normalized spacial score (nSPS) is 22.5. The molecule has 0 bridgehead atoms. The van der Waals surface area contributed by atoms with Gasteiger partial charge in [0.2, 0.25) is 0 Å². The van der Waals surface area contributed by atoms with Gasteiger partial charge in [-0.15, -0.1) is 30.6 Å². The van der Waals surface area contributed by atoms with Crippen molar-refractivity contribution in [3.8, 4) is 0 Å². The standard InChI is InChI=1S/C12H23N3O.HI/c1-4-11-10(7-8-16-11)9-15-12(13-5-2)14-6-3;/h4,10-11H,1,5-9H2,2-3H3,(H2,13,14,15);1H/t10-,11-;/m0./s1. The van der Waals surface area contributed by atoms with E-state index >= 15 is 0 Å². The van der Waals surface area contributed by atoms with E-state index in [1.165, 1.54) is 0 Å². The van der Waals surface area contributed by atoms with Crippen LogP contribution in [0.15, 0.2) is 17.6 Å². The highest BCUT2D eigenvalue weighted by Gasteiger charge is 2.25. The molecule has 0 aromatic rings. The number of rotatable bonds is 5. The molecule has 1 heterocycles. The number of nitrogens with zero attached hydrogens (tertiary/aromatic N) is 1. The quantitative estimate of drug-likeness (QED) is 0.343. The predicted molar refractivity (Wildman–Crippen MR) is 83.1 cm³/mol. The van der Waals surface area contributed by atoms with Crippen molar-refractivity contribution in [1.29, 1.82) is 0 Å². The molecular formula is C12H24IN3O. The molecule has 0 radical (unpaired) electrons. The minimum Gasteiger partial charge on any atom is -0.374 e. The number of ether oxygens (including phenoxy) is 1. The monoisotopic (exact) mass is 353 g/mol. The lowest BCUT2D eigenvalue weighted by Gasteiger charge is -2.14. The van der Waals surface area contributed by atoms with Gasteiger partial charge in [0.1, 0.15) is 0 Å². The summed E-state index contributed by atoms with van der Waals surface area (Å²) >= 11 is 0. The molecular weight excluding hydrogens is 329 g/mol. The summed E-state index contributed by atoms with van der Waals surface area (Å²) in [6, 6.07) is 0. The fraction of sp³-hybridized carbons (Fsp3) is 0.750. The zero-order valence-electron chi connectivity index (χ0n) is 10.7. The van der Waals surface area contributed by atoms with Gasteiger partial charge in [0.05, 0.1) is 6.10 Å². The van der Waals surface area contributed by atoms with Gasteiger partial charge < -0.3 is 15.4 Å². The Bertz CT molecular complexity index is 238. The zero-order valence-corrected chi connectivity index (χ0v) is 13.1. The van der Waals surface area contributed by atoms with Crippen LogP contribution in [0.2, 0.25) is 0 Å². The second-order valence-electron chi connectivity index (χ2n) is 3.87. The molecule has 0 spiro atoms. The Hall–Kier alpha value is -0.300. The van der Waals surface area contributed by atoms with E-state index in [4.69, 9.17) is 4.74 Å². The van der Waals surface area contributed by atoms with Crippen LogP contribution in [0.3, 0.4) is 0 Å². The molecule has 17 heavy (non-hydrogen) atoms. The van der Waals surface area contributed by atoms with E-state index in [0.717, 1.165) is 38.6 Å². The second kappa shape index (κ2) is 9.70. The number of halogens is 1. The Kier molecular flexibility index (Phi) is 9.53. The van der Waals surface area contributed by atoms with E-state index in [9.17, 15) is 0 Å². The van der Waals surface area contributed by atoms with Crippen molar-refractivity contribution < 1.29 is 4.74 Å². The number of hydrogen-bond donors (Lipinski definition) is 2. The van der Waals surface area contributed by atoms with Crippen LogP contribution < -0.4 is 10.6 Å². The van der Waals surface area contributed by atoms with E-state index in [0.29, 0.717) is 5.92 Å². The molecule has 4 nitrogen and oxygen atoms in total. The topological polar surface area (TPSA) is 45.6 Å². The summed E-state index contributed by atoms with van der Waals surface area (Å²) in [5.41, 5.74) is 0. The third-order valence-electron chi connectivity index (χ3n) is 2.67. The van der Waals surface area contributed by atoms with Gasteiger partial charge in [-0.2, -0.15) is 0 Å². The van der Waals surface area contributed by atoms with E-state index in [2.05, 4.69) is 36.1 Å². The summed E-state index contributed by atoms with van der Waals surface area (Å²) in [6.07, 6.45) is 3.13. The van der Waals surface area contributed by atoms with E-state index in [1.807, 2.05) is 6.08 Å². The Morgan fingerprint density at radius 2 is 2.06 bits per heavy atom. The largest absolute Gasteiger partial charge is 0.374 e. The Balaban J connectivity index is 0.00000256. The van der Waals surface area contributed by atoms with Crippen LogP contribution in [0.4, 0.5) is 0 Å². The van der Waals surface area contributed by atoms with Crippen molar-refractivity contribution in [1.82, 2.24) is 10.6 Å². The average molecular weight is 353 g/mol. The first-order valence-corrected chi connectivity index (χ1v) is 6.08. The van der Waals surface area contributed by atoms with Gasteiger partial charge in [-0.05, 0) is 20.3 Å². The fourth-order valence-electron chi connectivity index (χ4n) is 1.83. The summed E-state index contributed by atoms with van der Waals surface area (Å²) < 4.78 is 5.54. The lowest BCUT2D eigenvalue weighted by Crippen LogP contribution is -2.37. The second-order valence-corrected chi connectivity index (χ2v) is 3.87. The lowest BCUT2D eigenvalue weighted by molar-refractivity contribution is 0.129. The molecule has 100 valence electrons. The maximum Gasteiger partial charge on any atom is 0.191 e. The van der Waals surface area contributed by atoms with Gasteiger partial charge in [0, 0.05) is 32.2 Å². The van der Waals surface area contributed by atoms with Gasteiger partial charge >= 0.3 is 0 Å². The minimum absolute atomic E-state index is 0. The number of nitrogens with one attached hydrogen (secondary N) is 2. The molecule has 1 fully saturated rings. The summed E-state index contributed by atoms with van der Waals surface area (Å²) in [7, 11) is 0. The van der Waals surface area contributed by atoms with Gasteiger partial charge in [0.25, 0.3) is 0 Å². The molecule has 2 N–H and O–H groups in total. The minimum atomic E-state index is 0. The van der Waals surface area contributed by atoms with Gasteiger partial charge in [0.15, 0.2) is 5.96 Å². The first-order chi connectivity index (χ1) is 7.81. The molecule has 5 heteroatoms. The van der Waals surface area contributed by atoms with E-state index in [-0.39, 0.29) is 30.1 Å². The van der Waals surface area contributed by atoms with Crippen LogP contribution in [0, 0.1) is 5.92 Å². The first-order valence-electron chi connectivity index (χ1n) is 6.08. The van der Waals surface area contributed by atoms with Gasteiger partial charge in [-0.25, -0.2) is 0 Å². The highest BCUT2D eigenvalue weighted by molar-refractivity contribution is 14.0. The lowest BCUT2D eigenvalue weighted by atomic mass is 10.0. The predicted octanol–water partition coefficient (Wildman–Crippen LogP) is 1.77. The van der Waals surface area contributed by atoms with Crippen LogP contribution in [0.5, 0.6) is 0 Å². The Labute approximate surface area is 121 Å². The van der Waals surface area contributed by atoms with Crippen molar-refractivity contribution in [3.63, 3.8) is 0 Å². The van der Waals surface area contributed by atoms with Crippen LogP contribution in [-0.2, 0) is 4.74 Å². The van der Waals surface area contributed by atoms with Crippen molar-refractivity contribution >= 4 is 29.9 Å². The molecule has 0 unspecified atom stereocenters. The van der Waals surface area contributed by atoms with Crippen LogP contribution in [-0.4, -0.2) is 38.3 Å². The van der Waals surface area contributed by atoms with Crippen LogP contribution in [0.25, 0.3) is 0 Å². The molecule has 1 rings (SSSR count). The summed E-state index contributed by atoms with van der Waals surface area (Å²) in [6.45, 7) is 11.3. The summed E-state index contributed by atoms with van der Waals surface area (Å²) in [4.78, 5) is 4.55. The zero-order chi connectivity index (χ0) is 11.8. The van der Waals surface area contributed by atoms with Gasteiger partial charge in [-0.1, -0.05) is 6.08 Å². The molecule has 0 amide bonds. The Morgan fingerprint density at radius 1 is 1.41 bits per heavy atom. The number of hydrogen-bond acceptors (Lipinski definition) is 2. The average Bonchev–Trinajstić information content (AvgIpc) is 2.74. The summed E-state index contributed by atoms with van der Waals surface area (Å²) in [5, 5.41) is 6.43. The third-order valence-corrected chi connectivity index (χ3v) is 2.67. The fourth-order valence-corrected chi connectivity index (χ4v) is 1.83. The number of aliphatic imine (C=N–C) groups is 1. The highest BCUT2D eigenvalue weighted by atomic mass is 127. The van der Waals surface area contributed by atoms with Crippen molar-refractivity contribution in [2.75, 3.05) is 26.2 Å². The Morgan fingerprint density at radius 3 is 2.59 bits per heavy atom. The molecule has 1 aliphatic rings. The van der Waals surface area contributed by atoms with Crippen LogP contribution >= 0.6 is 24.0 Å². The van der Waals surface area contributed by atoms with Gasteiger partial charge in [-0.3, -0.25) is 4.99 Å². The smallest absolute Gasteiger partial charge is 0.191 e. The van der Waals surface area contributed by atoms with Crippen molar-refractivity contribution in [3.05, 3.63) is 12.7 Å². The molecule has 2 atom stereocenters. The van der Waals surface area contributed by atoms with E-state index < -0.39 is 0 Å². The SMILES string of the molecule is C=C[C@@H]1OCC[C@H]1CN=C(NCC)NCC.I. The van der Waals surface area contributed by atoms with Crippen molar-refractivity contribution in [2.45, 2.75) is 26.4 Å². The number of guanidine groups is 1. The van der Waals surface area contributed by atoms with Crippen molar-refractivity contribution in [2.24, 2.45) is 10.9 Å². The summed E-state index contributed by atoms with van der Waals surface area (Å²) in [5.74, 6) is 1.37. The van der Waals surface area contributed by atoms with Crippen LogP contribution in [0.1, 0.15) is 20.3 Å². The van der Waals surface area contributed by atoms with E-state index in [1.54, 1.807) is 0 Å². The third kappa shape index (κ3) is 5.72. The molecule has 0 aromatic heterocycles. The molecule has 0 saturated carbocycles. The molecule has 1 saturated heterocycles. The molecule has 0 aliphatic carbocycles. The molecule has 0 aromatic carbocycles. The maximum atomic E-state index is 5.54. The highest BCUT2D eigenvalue weighted by Crippen LogP contribution is 2.21. The maximum absolute atomic E-state index is 5.54.